The third-order valence-electron chi connectivity index (χ3n) is 1.79. The number of rotatable bonds is 5. The zero-order chi connectivity index (χ0) is 11.3. The summed E-state index contributed by atoms with van der Waals surface area (Å²) in [5.41, 5.74) is 0.848. The standard InChI is InChI=1S/C10H9F2IO2/c11-10(12)15-8-5-1-3-7(9(8)13)4-2-6-14/h1,3,5-6,10H,2,4H2. The smallest absolute Gasteiger partial charge is 0.387 e. The van der Waals surface area contributed by atoms with Crippen molar-refractivity contribution >= 4 is 28.9 Å². The molecule has 5 heteroatoms. The van der Waals surface area contributed by atoms with E-state index in [2.05, 4.69) is 4.74 Å². The van der Waals surface area contributed by atoms with Crippen molar-refractivity contribution in [3.05, 3.63) is 27.3 Å². The quantitative estimate of drug-likeness (QED) is 0.614. The van der Waals surface area contributed by atoms with E-state index in [1.54, 1.807) is 12.1 Å². The molecule has 0 unspecified atom stereocenters. The maximum absolute atomic E-state index is 12.0. The number of carbonyl (C=O) groups excluding carboxylic acids is 1. The summed E-state index contributed by atoms with van der Waals surface area (Å²) in [5.74, 6) is 0.161. The van der Waals surface area contributed by atoms with E-state index >= 15 is 0 Å². The van der Waals surface area contributed by atoms with Gasteiger partial charge in [-0.1, -0.05) is 12.1 Å². The SMILES string of the molecule is O=CCCc1cccc(OC(F)F)c1I. The van der Waals surface area contributed by atoms with E-state index in [-0.39, 0.29) is 5.75 Å². The molecule has 82 valence electrons. The maximum atomic E-state index is 12.0. The van der Waals surface area contributed by atoms with Gasteiger partial charge in [0.1, 0.15) is 12.0 Å². The number of hydrogen-bond donors (Lipinski definition) is 0. The van der Waals surface area contributed by atoms with Crippen molar-refractivity contribution in [1.82, 2.24) is 0 Å². The number of hydrogen-bond acceptors (Lipinski definition) is 2. The molecule has 0 radical (unpaired) electrons. The number of aldehydes is 1. The number of alkyl halides is 2. The number of benzene rings is 1. The van der Waals surface area contributed by atoms with Gasteiger partial charge in [0.2, 0.25) is 0 Å². The highest BCUT2D eigenvalue weighted by molar-refractivity contribution is 14.1. The highest BCUT2D eigenvalue weighted by atomic mass is 127. The molecule has 0 heterocycles. The minimum Gasteiger partial charge on any atom is -0.434 e. The molecule has 0 amide bonds. The lowest BCUT2D eigenvalue weighted by Crippen LogP contribution is -2.04. The molecule has 0 fully saturated rings. The number of ether oxygens (including phenoxy) is 1. The third kappa shape index (κ3) is 3.73. The Morgan fingerprint density at radius 3 is 2.80 bits per heavy atom. The Bertz CT molecular complexity index is 342. The molecule has 0 N–H and O–H groups in total. The van der Waals surface area contributed by atoms with Crippen molar-refractivity contribution in [2.75, 3.05) is 0 Å². The topological polar surface area (TPSA) is 26.3 Å². The maximum Gasteiger partial charge on any atom is 0.387 e. The first-order valence-corrected chi connectivity index (χ1v) is 5.39. The summed E-state index contributed by atoms with van der Waals surface area (Å²) in [7, 11) is 0. The highest BCUT2D eigenvalue weighted by Crippen LogP contribution is 2.26. The summed E-state index contributed by atoms with van der Waals surface area (Å²) in [6.07, 6.45) is 1.73. The van der Waals surface area contributed by atoms with Crippen LogP contribution in [-0.2, 0) is 11.2 Å². The van der Waals surface area contributed by atoms with Crippen molar-refractivity contribution in [1.29, 1.82) is 0 Å². The van der Waals surface area contributed by atoms with Crippen LogP contribution >= 0.6 is 22.6 Å². The van der Waals surface area contributed by atoms with Gasteiger partial charge in [0.05, 0.1) is 3.57 Å². The minimum atomic E-state index is -2.82. The predicted molar refractivity (Wildman–Crippen MR) is 60.2 cm³/mol. The summed E-state index contributed by atoms with van der Waals surface area (Å²) < 4.78 is 29.0. The van der Waals surface area contributed by atoms with Crippen molar-refractivity contribution in [2.24, 2.45) is 0 Å². The van der Waals surface area contributed by atoms with Crippen LogP contribution in [0.3, 0.4) is 0 Å². The van der Waals surface area contributed by atoms with Crippen LogP contribution in [-0.4, -0.2) is 12.9 Å². The molecule has 0 aliphatic carbocycles. The lowest BCUT2D eigenvalue weighted by atomic mass is 10.1. The number of aryl methyl sites for hydroxylation is 1. The van der Waals surface area contributed by atoms with Gasteiger partial charge in [0.15, 0.2) is 0 Å². The zero-order valence-electron chi connectivity index (χ0n) is 7.75. The highest BCUT2D eigenvalue weighted by Gasteiger charge is 2.10. The van der Waals surface area contributed by atoms with Crippen LogP contribution in [0, 0.1) is 3.57 Å². The Balaban J connectivity index is 2.84. The predicted octanol–water partition coefficient (Wildman–Crippen LogP) is 3.02. The van der Waals surface area contributed by atoms with Crippen LogP contribution in [0.2, 0.25) is 0 Å². The van der Waals surface area contributed by atoms with Crippen molar-refractivity contribution in [3.63, 3.8) is 0 Å². The first-order chi connectivity index (χ1) is 7.15. The first-order valence-electron chi connectivity index (χ1n) is 4.31. The van der Waals surface area contributed by atoms with Gasteiger partial charge in [-0.15, -0.1) is 0 Å². The molecule has 0 aromatic heterocycles. The fourth-order valence-electron chi connectivity index (χ4n) is 1.15. The number of halogens is 3. The molecule has 0 spiro atoms. The minimum absolute atomic E-state index is 0.161. The molecule has 0 atom stereocenters. The van der Waals surface area contributed by atoms with Crippen LogP contribution in [0.25, 0.3) is 0 Å². The molecule has 0 saturated carbocycles. The molecule has 15 heavy (non-hydrogen) atoms. The fraction of sp³-hybridized carbons (Fsp3) is 0.300. The van der Waals surface area contributed by atoms with Crippen LogP contribution in [0.1, 0.15) is 12.0 Å². The normalized spacial score (nSPS) is 10.4. The van der Waals surface area contributed by atoms with Gasteiger partial charge in [-0.2, -0.15) is 8.78 Å². The van der Waals surface area contributed by atoms with Crippen LogP contribution in [0.5, 0.6) is 5.75 Å². The van der Waals surface area contributed by atoms with E-state index in [9.17, 15) is 13.6 Å². The third-order valence-corrected chi connectivity index (χ3v) is 3.02. The lowest BCUT2D eigenvalue weighted by Gasteiger charge is -2.09. The van der Waals surface area contributed by atoms with Gasteiger partial charge in [0, 0.05) is 6.42 Å². The van der Waals surface area contributed by atoms with Gasteiger partial charge < -0.3 is 9.53 Å². The largest absolute Gasteiger partial charge is 0.434 e. The molecule has 0 saturated heterocycles. The Morgan fingerprint density at radius 2 is 2.20 bits per heavy atom. The second-order valence-corrected chi connectivity index (χ2v) is 3.89. The van der Waals surface area contributed by atoms with E-state index in [0.717, 1.165) is 11.8 Å². The number of carbonyl (C=O) groups is 1. The second-order valence-electron chi connectivity index (χ2n) is 2.81. The summed E-state index contributed by atoms with van der Waals surface area (Å²) in [5, 5.41) is 0. The molecule has 0 bridgehead atoms. The summed E-state index contributed by atoms with van der Waals surface area (Å²) >= 11 is 1.94. The molecule has 1 aromatic rings. The molecule has 2 nitrogen and oxygen atoms in total. The van der Waals surface area contributed by atoms with E-state index in [1.807, 2.05) is 22.6 Å². The summed E-state index contributed by atoms with van der Waals surface area (Å²) in [4.78, 5) is 10.2. The Kier molecular flexibility index (Phi) is 4.93. The van der Waals surface area contributed by atoms with E-state index in [1.165, 1.54) is 6.07 Å². The van der Waals surface area contributed by atoms with Crippen LogP contribution < -0.4 is 4.74 Å². The summed E-state index contributed by atoms with van der Waals surface area (Å²) in [6.45, 7) is -2.82. The Labute approximate surface area is 99.8 Å². The van der Waals surface area contributed by atoms with E-state index in [4.69, 9.17) is 0 Å². The average molecular weight is 326 g/mol. The molecule has 0 aliphatic heterocycles. The van der Waals surface area contributed by atoms with E-state index < -0.39 is 6.61 Å². The monoisotopic (exact) mass is 326 g/mol. The fourth-order valence-corrected chi connectivity index (χ4v) is 1.91. The second kappa shape index (κ2) is 5.99. The van der Waals surface area contributed by atoms with Gasteiger partial charge in [-0.3, -0.25) is 0 Å². The molecule has 1 rings (SSSR count). The van der Waals surface area contributed by atoms with Gasteiger partial charge in [0.25, 0.3) is 0 Å². The first kappa shape index (κ1) is 12.4. The van der Waals surface area contributed by atoms with E-state index in [0.29, 0.717) is 16.4 Å². The van der Waals surface area contributed by atoms with Crippen LogP contribution in [0.15, 0.2) is 18.2 Å². The Hall–Kier alpha value is -0.720. The van der Waals surface area contributed by atoms with Gasteiger partial charge >= 0.3 is 6.61 Å². The van der Waals surface area contributed by atoms with Gasteiger partial charge in [-0.25, -0.2) is 0 Å². The van der Waals surface area contributed by atoms with Crippen molar-refractivity contribution < 1.29 is 18.3 Å². The zero-order valence-corrected chi connectivity index (χ0v) is 9.91. The Morgan fingerprint density at radius 1 is 1.47 bits per heavy atom. The van der Waals surface area contributed by atoms with Crippen molar-refractivity contribution in [2.45, 2.75) is 19.5 Å². The van der Waals surface area contributed by atoms with Crippen molar-refractivity contribution in [3.8, 4) is 5.75 Å². The average Bonchev–Trinajstić information content (AvgIpc) is 2.19. The molecule has 1 aromatic carbocycles. The van der Waals surface area contributed by atoms with Gasteiger partial charge in [-0.05, 0) is 40.6 Å². The lowest BCUT2D eigenvalue weighted by molar-refractivity contribution is -0.107. The molecule has 0 aliphatic rings. The molecular formula is C10H9F2IO2. The summed E-state index contributed by atoms with van der Waals surface area (Å²) in [6, 6.07) is 4.92. The molecular weight excluding hydrogens is 317 g/mol. The van der Waals surface area contributed by atoms with Crippen LogP contribution in [0.4, 0.5) is 8.78 Å².